The van der Waals surface area contributed by atoms with E-state index in [0.29, 0.717) is 36.0 Å². The van der Waals surface area contributed by atoms with Gasteiger partial charge in [-0.3, -0.25) is 30.2 Å². The lowest BCUT2D eigenvalue weighted by Gasteiger charge is -2.22. The molecule has 0 bridgehead atoms. The molecule has 2 N–H and O–H groups in total. The predicted octanol–water partition coefficient (Wildman–Crippen LogP) is 0.667. The highest BCUT2D eigenvalue weighted by atomic mass is 16.6. The number of ether oxygens (including phenoxy) is 2. The zero-order valence-electron chi connectivity index (χ0n) is 14.9. The van der Waals surface area contributed by atoms with Gasteiger partial charge in [0.25, 0.3) is 5.91 Å². The lowest BCUT2D eigenvalue weighted by Crippen LogP contribution is -2.45. The summed E-state index contributed by atoms with van der Waals surface area (Å²) in [7, 11) is 0. The molecule has 2 aromatic rings. The Balaban J connectivity index is 1.37. The third-order valence-corrected chi connectivity index (χ3v) is 4.57. The fourth-order valence-corrected chi connectivity index (χ4v) is 3.13. The average molecular weight is 382 g/mol. The maximum atomic E-state index is 12.4. The van der Waals surface area contributed by atoms with E-state index in [2.05, 4.69) is 15.8 Å². The SMILES string of the molecule is O=C(NNC(=O)[C@H]1CC(=O)N(c2ccc3c(c2)OCCO3)C1)c1ccncc1. The summed E-state index contributed by atoms with van der Waals surface area (Å²) in [6, 6.07) is 8.31. The highest BCUT2D eigenvalue weighted by molar-refractivity contribution is 6.01. The molecular formula is C19H18N4O5. The minimum atomic E-state index is -0.571. The van der Waals surface area contributed by atoms with E-state index >= 15 is 0 Å². The van der Waals surface area contributed by atoms with Gasteiger partial charge in [0.2, 0.25) is 11.8 Å². The Morgan fingerprint density at radius 3 is 2.57 bits per heavy atom. The molecule has 1 aromatic carbocycles. The fraction of sp³-hybridized carbons (Fsp3) is 0.263. The van der Waals surface area contributed by atoms with Crippen molar-refractivity contribution in [3.05, 3.63) is 48.3 Å². The normalized spacial score (nSPS) is 17.9. The molecule has 3 heterocycles. The second-order valence-corrected chi connectivity index (χ2v) is 6.41. The van der Waals surface area contributed by atoms with Crippen LogP contribution < -0.4 is 25.2 Å². The van der Waals surface area contributed by atoms with Crippen molar-refractivity contribution >= 4 is 23.4 Å². The average Bonchev–Trinajstić information content (AvgIpc) is 3.13. The number of aromatic nitrogens is 1. The van der Waals surface area contributed by atoms with Crippen molar-refractivity contribution in [2.24, 2.45) is 5.92 Å². The van der Waals surface area contributed by atoms with Crippen LogP contribution in [0, 0.1) is 5.92 Å². The molecule has 144 valence electrons. The summed E-state index contributed by atoms with van der Waals surface area (Å²) in [5.41, 5.74) is 5.75. The molecule has 0 spiro atoms. The summed E-state index contributed by atoms with van der Waals surface area (Å²) < 4.78 is 11.0. The summed E-state index contributed by atoms with van der Waals surface area (Å²) in [6.45, 7) is 1.16. The molecule has 28 heavy (non-hydrogen) atoms. The molecule has 1 saturated heterocycles. The topological polar surface area (TPSA) is 110 Å². The number of hydrogen-bond donors (Lipinski definition) is 2. The summed E-state index contributed by atoms with van der Waals surface area (Å²) >= 11 is 0. The van der Waals surface area contributed by atoms with E-state index < -0.39 is 17.7 Å². The smallest absolute Gasteiger partial charge is 0.269 e. The zero-order chi connectivity index (χ0) is 19.5. The van der Waals surface area contributed by atoms with Crippen LogP contribution in [0.1, 0.15) is 16.8 Å². The second kappa shape index (κ2) is 7.55. The Morgan fingerprint density at radius 1 is 1.04 bits per heavy atom. The molecule has 2 aliphatic heterocycles. The number of pyridine rings is 1. The van der Waals surface area contributed by atoms with E-state index in [0.717, 1.165) is 0 Å². The first-order chi connectivity index (χ1) is 13.6. The third kappa shape index (κ3) is 3.59. The maximum absolute atomic E-state index is 12.4. The van der Waals surface area contributed by atoms with Gasteiger partial charge in [-0.1, -0.05) is 0 Å². The monoisotopic (exact) mass is 382 g/mol. The van der Waals surface area contributed by atoms with Gasteiger partial charge in [0.15, 0.2) is 11.5 Å². The number of carbonyl (C=O) groups is 3. The zero-order valence-corrected chi connectivity index (χ0v) is 14.9. The van der Waals surface area contributed by atoms with Crippen molar-refractivity contribution in [1.29, 1.82) is 0 Å². The standard InChI is InChI=1S/C19H18N4O5/c24-17-9-13(19(26)22-21-18(25)12-3-5-20-6-4-12)11-23(17)14-1-2-15-16(10-14)28-8-7-27-15/h1-6,10,13H,7-9,11H2,(H,21,25)(H,22,26)/t13-/m0/s1. The maximum Gasteiger partial charge on any atom is 0.269 e. The number of hydrogen-bond acceptors (Lipinski definition) is 6. The molecule has 1 fully saturated rings. The molecular weight excluding hydrogens is 364 g/mol. The van der Waals surface area contributed by atoms with E-state index in [1.54, 1.807) is 18.2 Å². The van der Waals surface area contributed by atoms with Crippen LogP contribution in [-0.4, -0.2) is 42.5 Å². The van der Waals surface area contributed by atoms with Gasteiger partial charge in [-0.2, -0.15) is 0 Å². The number of anilines is 1. The number of hydrazine groups is 1. The molecule has 1 atom stereocenters. The first-order valence-corrected chi connectivity index (χ1v) is 8.82. The number of nitrogens with zero attached hydrogens (tertiary/aromatic N) is 2. The molecule has 3 amide bonds. The van der Waals surface area contributed by atoms with Gasteiger partial charge in [0.05, 0.1) is 5.92 Å². The number of carbonyl (C=O) groups excluding carboxylic acids is 3. The highest BCUT2D eigenvalue weighted by Gasteiger charge is 2.35. The van der Waals surface area contributed by atoms with E-state index in [9.17, 15) is 14.4 Å². The fourth-order valence-electron chi connectivity index (χ4n) is 3.13. The first-order valence-electron chi connectivity index (χ1n) is 8.82. The van der Waals surface area contributed by atoms with Gasteiger partial charge in [-0.25, -0.2) is 0 Å². The molecule has 4 rings (SSSR count). The van der Waals surface area contributed by atoms with E-state index in [1.165, 1.54) is 29.4 Å². The Kier molecular flexibility index (Phi) is 4.79. The number of rotatable bonds is 3. The van der Waals surface area contributed by atoms with Crippen LogP contribution in [0.5, 0.6) is 11.5 Å². The largest absolute Gasteiger partial charge is 0.486 e. The van der Waals surface area contributed by atoms with E-state index in [1.807, 2.05) is 0 Å². The van der Waals surface area contributed by atoms with Crippen LogP contribution in [-0.2, 0) is 9.59 Å². The molecule has 0 unspecified atom stereocenters. The Hall–Kier alpha value is -3.62. The molecule has 9 nitrogen and oxygen atoms in total. The summed E-state index contributed by atoms with van der Waals surface area (Å²) in [4.78, 5) is 42.1. The van der Waals surface area contributed by atoms with Gasteiger partial charge in [0, 0.05) is 42.7 Å². The Labute approximate surface area is 160 Å². The van der Waals surface area contributed by atoms with Crippen LogP contribution in [0.3, 0.4) is 0 Å². The number of benzene rings is 1. The first kappa shape index (κ1) is 17.8. The van der Waals surface area contributed by atoms with Crippen molar-refractivity contribution in [2.75, 3.05) is 24.7 Å². The van der Waals surface area contributed by atoms with Crippen molar-refractivity contribution in [2.45, 2.75) is 6.42 Å². The van der Waals surface area contributed by atoms with Gasteiger partial charge in [-0.05, 0) is 24.3 Å². The molecule has 2 aliphatic rings. The van der Waals surface area contributed by atoms with Crippen molar-refractivity contribution in [3.8, 4) is 11.5 Å². The number of amides is 3. The molecule has 0 radical (unpaired) electrons. The van der Waals surface area contributed by atoms with Crippen LogP contribution in [0.2, 0.25) is 0 Å². The summed E-state index contributed by atoms with van der Waals surface area (Å²) in [5, 5.41) is 0. The highest BCUT2D eigenvalue weighted by Crippen LogP contribution is 2.35. The summed E-state index contributed by atoms with van der Waals surface area (Å²) in [5.74, 6) is -0.404. The molecule has 0 saturated carbocycles. The number of nitrogens with one attached hydrogen (secondary N) is 2. The van der Waals surface area contributed by atoms with Gasteiger partial charge < -0.3 is 14.4 Å². The number of fused-ring (bicyclic) bond motifs is 1. The Bertz CT molecular complexity index is 918. The van der Waals surface area contributed by atoms with Crippen molar-refractivity contribution in [3.63, 3.8) is 0 Å². The van der Waals surface area contributed by atoms with Crippen LogP contribution >= 0.6 is 0 Å². The lowest BCUT2D eigenvalue weighted by molar-refractivity contribution is -0.126. The van der Waals surface area contributed by atoms with E-state index in [4.69, 9.17) is 9.47 Å². The van der Waals surface area contributed by atoms with Gasteiger partial charge in [-0.15, -0.1) is 0 Å². The lowest BCUT2D eigenvalue weighted by atomic mass is 10.1. The van der Waals surface area contributed by atoms with Crippen molar-refractivity contribution in [1.82, 2.24) is 15.8 Å². The predicted molar refractivity (Wildman–Crippen MR) is 97.7 cm³/mol. The molecule has 1 aromatic heterocycles. The molecule has 9 heteroatoms. The summed E-state index contributed by atoms with van der Waals surface area (Å²) in [6.07, 6.45) is 3.03. The molecule has 0 aliphatic carbocycles. The van der Waals surface area contributed by atoms with Crippen LogP contribution in [0.4, 0.5) is 5.69 Å². The minimum Gasteiger partial charge on any atom is -0.486 e. The van der Waals surface area contributed by atoms with Gasteiger partial charge >= 0.3 is 0 Å². The minimum absolute atomic E-state index is 0.0609. The van der Waals surface area contributed by atoms with Crippen LogP contribution in [0.25, 0.3) is 0 Å². The van der Waals surface area contributed by atoms with Crippen LogP contribution in [0.15, 0.2) is 42.7 Å². The Morgan fingerprint density at radius 2 is 1.79 bits per heavy atom. The van der Waals surface area contributed by atoms with Crippen molar-refractivity contribution < 1.29 is 23.9 Å². The van der Waals surface area contributed by atoms with Gasteiger partial charge in [0.1, 0.15) is 13.2 Å². The third-order valence-electron chi connectivity index (χ3n) is 4.57. The quantitative estimate of drug-likeness (QED) is 0.755. The van der Waals surface area contributed by atoms with E-state index in [-0.39, 0.29) is 18.9 Å². The second-order valence-electron chi connectivity index (χ2n) is 6.41.